The van der Waals surface area contributed by atoms with E-state index < -0.39 is 9.53 Å². The monoisotopic (exact) mass is 222 g/mol. The predicted octanol–water partition coefficient (Wildman–Crippen LogP) is 0.308. The highest BCUT2D eigenvalue weighted by Gasteiger charge is 2.11. The third kappa shape index (κ3) is 14.9. The molecule has 0 amide bonds. The molecule has 3 nitrogen and oxygen atoms in total. The second-order valence-corrected chi connectivity index (χ2v) is 4.46. The smallest absolute Gasteiger partial charge is 0.376 e. The van der Waals surface area contributed by atoms with Gasteiger partial charge in [0.15, 0.2) is 0 Å². The molecule has 0 N–H and O–H groups in total. The van der Waals surface area contributed by atoms with Crippen molar-refractivity contribution in [3.63, 3.8) is 0 Å². The largest absolute Gasteiger partial charge is 0.484 e. The summed E-state index contributed by atoms with van der Waals surface area (Å²) in [6.07, 6.45) is 0. The van der Waals surface area contributed by atoms with E-state index in [4.69, 9.17) is 13.3 Å². The topological polar surface area (TPSA) is 27.7 Å². The maximum absolute atomic E-state index is 5.22. The Bertz CT molecular complexity index is 87.1. The van der Waals surface area contributed by atoms with Crippen LogP contribution in [0.3, 0.4) is 0 Å². The molecule has 0 radical (unpaired) electrons. The van der Waals surface area contributed by atoms with Crippen molar-refractivity contribution in [3.8, 4) is 0 Å². The van der Waals surface area contributed by atoms with E-state index in [1.165, 1.54) is 0 Å². The first-order chi connectivity index (χ1) is 6.26. The molecule has 0 aliphatic heterocycles. The molecule has 0 saturated carbocycles. The van der Waals surface area contributed by atoms with Crippen LogP contribution < -0.4 is 0 Å². The first-order valence-electron chi connectivity index (χ1n) is 4.68. The second-order valence-electron chi connectivity index (χ2n) is 2.06. The lowest BCUT2D eigenvalue weighted by molar-refractivity contribution is 0.107. The van der Waals surface area contributed by atoms with Gasteiger partial charge in [0.05, 0.1) is 0 Å². The van der Waals surface area contributed by atoms with Gasteiger partial charge in [-0.1, -0.05) is 0 Å². The molecule has 0 aliphatic carbocycles. The lowest BCUT2D eigenvalue weighted by Crippen LogP contribution is -2.27. The quantitative estimate of drug-likeness (QED) is 0.605. The van der Waals surface area contributed by atoms with Crippen LogP contribution in [0.1, 0.15) is 20.8 Å². The van der Waals surface area contributed by atoms with Crippen LogP contribution in [0.5, 0.6) is 0 Å². The van der Waals surface area contributed by atoms with E-state index in [2.05, 4.69) is 6.58 Å². The molecule has 0 spiro atoms. The van der Waals surface area contributed by atoms with Crippen molar-refractivity contribution >= 4 is 19.8 Å². The van der Waals surface area contributed by atoms with E-state index in [1.807, 2.05) is 26.5 Å². The Morgan fingerprint density at radius 2 is 1.31 bits per heavy atom. The minimum Gasteiger partial charge on any atom is -0.376 e. The number of rotatable bonds is 6. The zero-order chi connectivity index (χ0) is 10.5. The van der Waals surface area contributed by atoms with Crippen LogP contribution in [0.15, 0.2) is 12.3 Å². The Balaban J connectivity index is 0. The van der Waals surface area contributed by atoms with Crippen molar-refractivity contribution < 1.29 is 13.3 Å². The summed E-state index contributed by atoms with van der Waals surface area (Å²) in [5, 5.41) is 0. The van der Waals surface area contributed by atoms with Gasteiger partial charge in [-0.3, -0.25) is 0 Å². The predicted molar refractivity (Wildman–Crippen MR) is 62.2 cm³/mol. The molecule has 13 heavy (non-hydrogen) atoms. The minimum absolute atomic E-state index is 0.677. The van der Waals surface area contributed by atoms with Crippen LogP contribution in [-0.4, -0.2) is 39.6 Å². The summed E-state index contributed by atoms with van der Waals surface area (Å²) in [4.78, 5) is 0. The summed E-state index contributed by atoms with van der Waals surface area (Å²) >= 11 is 0. The third-order valence-electron chi connectivity index (χ3n) is 0.908. The molecule has 0 heterocycles. The second kappa shape index (κ2) is 14.6. The minimum atomic E-state index is -1.73. The first kappa shape index (κ1) is 15.5. The molecule has 0 saturated heterocycles. The van der Waals surface area contributed by atoms with Gasteiger partial charge in [-0.25, -0.2) is 0 Å². The molecular formula is C8H22O3Si2. The normalized spacial score (nSPS) is 9.54. The molecule has 0 aliphatic rings. The number of hydrogen-bond acceptors (Lipinski definition) is 3. The van der Waals surface area contributed by atoms with E-state index in [-0.39, 0.29) is 0 Å². The van der Waals surface area contributed by atoms with E-state index in [9.17, 15) is 0 Å². The highest BCUT2D eigenvalue weighted by molar-refractivity contribution is 6.36. The summed E-state index contributed by atoms with van der Waals surface area (Å²) in [5.41, 5.74) is 1.89. The fraction of sp³-hybridized carbons (Fsp3) is 0.750. The van der Waals surface area contributed by atoms with E-state index in [1.54, 1.807) is 0 Å². The van der Waals surface area contributed by atoms with Crippen LogP contribution in [0.4, 0.5) is 0 Å². The van der Waals surface area contributed by atoms with Crippen LogP contribution in [0, 0.1) is 0 Å². The molecule has 0 rings (SSSR count). The van der Waals surface area contributed by atoms with Gasteiger partial charge < -0.3 is 13.3 Å². The van der Waals surface area contributed by atoms with Crippen molar-refractivity contribution in [3.05, 3.63) is 12.3 Å². The molecule has 0 fully saturated rings. The van der Waals surface area contributed by atoms with Gasteiger partial charge in [-0.2, -0.15) is 0 Å². The molecule has 5 heteroatoms. The van der Waals surface area contributed by atoms with Crippen molar-refractivity contribution in [2.75, 3.05) is 19.8 Å². The Morgan fingerprint density at radius 3 is 1.46 bits per heavy atom. The molecular weight excluding hydrogens is 200 g/mol. The van der Waals surface area contributed by atoms with Gasteiger partial charge in [-0.05, 0) is 20.8 Å². The fourth-order valence-electron chi connectivity index (χ4n) is 0.553. The van der Waals surface area contributed by atoms with Crippen molar-refractivity contribution in [2.24, 2.45) is 0 Å². The van der Waals surface area contributed by atoms with Crippen molar-refractivity contribution in [2.45, 2.75) is 20.8 Å². The zero-order valence-corrected chi connectivity index (χ0v) is 12.4. The van der Waals surface area contributed by atoms with Crippen LogP contribution in [0.25, 0.3) is 0 Å². The van der Waals surface area contributed by atoms with Gasteiger partial charge in [0.2, 0.25) is 0 Å². The van der Waals surface area contributed by atoms with Gasteiger partial charge in [0.25, 0.3) is 0 Å². The Labute approximate surface area is 86.5 Å². The highest BCUT2D eigenvalue weighted by Crippen LogP contribution is 1.90. The van der Waals surface area contributed by atoms with Crippen molar-refractivity contribution in [1.82, 2.24) is 0 Å². The van der Waals surface area contributed by atoms with E-state index in [0.29, 0.717) is 19.8 Å². The molecule has 80 valence electrons. The highest BCUT2D eigenvalue weighted by atomic mass is 28.3. The fourth-order valence-corrected chi connectivity index (χ4v) is 1.66. The van der Waals surface area contributed by atoms with Gasteiger partial charge in [0.1, 0.15) is 0 Å². The Kier molecular flexibility index (Phi) is 17.4. The van der Waals surface area contributed by atoms with Gasteiger partial charge in [-0.15, -0.1) is 12.3 Å². The van der Waals surface area contributed by atoms with E-state index >= 15 is 0 Å². The van der Waals surface area contributed by atoms with Crippen LogP contribution >= 0.6 is 0 Å². The zero-order valence-electron chi connectivity index (χ0n) is 9.21. The van der Waals surface area contributed by atoms with Crippen LogP contribution in [-0.2, 0) is 13.3 Å². The molecule has 0 atom stereocenters. The summed E-state index contributed by atoms with van der Waals surface area (Å²) in [7, 11) is -0.601. The summed E-state index contributed by atoms with van der Waals surface area (Å²) < 4.78 is 15.7. The molecule has 0 bridgehead atoms. The van der Waals surface area contributed by atoms with Gasteiger partial charge in [0, 0.05) is 30.1 Å². The standard InChI is InChI=1S/C6H16O3Si.C2H6Si/c1-4-7-10(8-5-2)9-6-3;1-2-3/h10H,4-6H2,1-3H3;2H,1H2,3H3. The third-order valence-corrected chi connectivity index (χ3v) is 2.72. The SMILES string of the molecule is C=C[SiH3].CCO[SiH](OCC)OCC. The molecule has 0 aromatic rings. The average Bonchev–Trinajstić information content (AvgIpc) is 2.07. The Hall–Kier alpha value is 0.0538. The summed E-state index contributed by atoms with van der Waals surface area (Å²) in [6.45, 7) is 11.3. The Morgan fingerprint density at radius 1 is 1.08 bits per heavy atom. The van der Waals surface area contributed by atoms with E-state index in [0.717, 1.165) is 10.2 Å². The molecule has 0 unspecified atom stereocenters. The van der Waals surface area contributed by atoms with Gasteiger partial charge >= 0.3 is 9.53 Å². The average molecular weight is 222 g/mol. The summed E-state index contributed by atoms with van der Waals surface area (Å²) in [6, 6.07) is 0. The van der Waals surface area contributed by atoms with Crippen molar-refractivity contribution in [1.29, 1.82) is 0 Å². The maximum Gasteiger partial charge on any atom is 0.484 e. The summed E-state index contributed by atoms with van der Waals surface area (Å²) in [5.74, 6) is 0. The lowest BCUT2D eigenvalue weighted by atomic mass is 10.9. The number of hydrogen-bond donors (Lipinski definition) is 0. The lowest BCUT2D eigenvalue weighted by Gasteiger charge is -2.12. The molecule has 0 aromatic carbocycles. The first-order valence-corrected chi connectivity index (χ1v) is 7.25. The van der Waals surface area contributed by atoms with Crippen LogP contribution in [0.2, 0.25) is 0 Å². The molecule has 0 aromatic heterocycles. The maximum atomic E-state index is 5.22.